The fourth-order valence-electron chi connectivity index (χ4n) is 2.27. The van der Waals surface area contributed by atoms with Crippen LogP contribution in [0.5, 0.6) is 0 Å². The average molecular weight is 327 g/mol. The first kappa shape index (κ1) is 15.2. The van der Waals surface area contributed by atoms with E-state index < -0.39 is 10.2 Å². The molecule has 7 heteroatoms. The van der Waals surface area contributed by atoms with E-state index >= 15 is 0 Å². The number of nitro groups is 1. The Morgan fingerprint density at radius 3 is 2.57 bits per heavy atom. The Kier molecular flexibility index (Phi) is 4.38. The fourth-order valence-corrected chi connectivity index (χ4v) is 3.29. The highest BCUT2D eigenvalue weighted by Gasteiger charge is 2.32. The van der Waals surface area contributed by atoms with Gasteiger partial charge in [-0.2, -0.15) is 0 Å². The van der Waals surface area contributed by atoms with Crippen molar-refractivity contribution < 1.29 is 9.72 Å². The number of amides is 1. The molecule has 1 N–H and O–H groups in total. The molecule has 0 unspecified atom stereocenters. The van der Waals surface area contributed by atoms with Crippen LogP contribution < -0.4 is 5.32 Å². The minimum atomic E-state index is -0.425. The van der Waals surface area contributed by atoms with Gasteiger partial charge in [0.1, 0.15) is 0 Å². The number of para-hydroxylation sites is 2. The molecule has 0 bridgehead atoms. The molecule has 2 aromatic rings. The van der Waals surface area contributed by atoms with Gasteiger partial charge in [0.05, 0.1) is 15.9 Å². The third kappa shape index (κ3) is 3.57. The molecule has 0 aromatic heterocycles. The van der Waals surface area contributed by atoms with Crippen LogP contribution in [0.4, 0.5) is 11.4 Å². The molecule has 0 saturated carbocycles. The van der Waals surface area contributed by atoms with Crippen molar-refractivity contribution in [2.24, 2.45) is 4.99 Å². The van der Waals surface area contributed by atoms with Crippen molar-refractivity contribution in [3.05, 3.63) is 70.3 Å². The number of carbonyl (C=O) groups is 1. The maximum Gasteiger partial charge on any atom is 0.272 e. The summed E-state index contributed by atoms with van der Waals surface area (Å²) in [5, 5.41) is 13.9. The molecule has 1 aliphatic heterocycles. The van der Waals surface area contributed by atoms with E-state index in [0.29, 0.717) is 17.2 Å². The summed E-state index contributed by atoms with van der Waals surface area (Å²) in [5.41, 5.74) is 1.34. The zero-order valence-corrected chi connectivity index (χ0v) is 12.8. The maximum atomic E-state index is 12.1. The first-order chi connectivity index (χ1) is 11.1. The van der Waals surface area contributed by atoms with Gasteiger partial charge in [-0.1, -0.05) is 48.2 Å². The summed E-state index contributed by atoms with van der Waals surface area (Å²) in [6, 6.07) is 15.8. The summed E-state index contributed by atoms with van der Waals surface area (Å²) in [7, 11) is 0. The number of nitro benzene ring substituents is 1. The van der Waals surface area contributed by atoms with Gasteiger partial charge < -0.3 is 5.32 Å². The van der Waals surface area contributed by atoms with Gasteiger partial charge in [-0.15, -0.1) is 0 Å². The van der Waals surface area contributed by atoms with E-state index in [1.54, 1.807) is 18.2 Å². The number of hydrogen-bond donors (Lipinski definition) is 1. The predicted molar refractivity (Wildman–Crippen MR) is 89.9 cm³/mol. The molecule has 6 nitrogen and oxygen atoms in total. The molecule has 3 rings (SSSR count). The van der Waals surface area contributed by atoms with Crippen molar-refractivity contribution in [2.45, 2.75) is 11.7 Å². The number of nitrogens with one attached hydrogen (secondary N) is 1. The number of hydrogen-bond acceptors (Lipinski definition) is 5. The van der Waals surface area contributed by atoms with Gasteiger partial charge in [0.2, 0.25) is 5.91 Å². The van der Waals surface area contributed by atoms with Gasteiger partial charge in [0.25, 0.3) is 5.69 Å². The molecular weight excluding hydrogens is 314 g/mol. The van der Waals surface area contributed by atoms with E-state index in [2.05, 4.69) is 10.3 Å². The number of nitrogens with zero attached hydrogens (tertiary/aromatic N) is 2. The van der Waals surface area contributed by atoms with Crippen LogP contribution in [0.1, 0.15) is 5.56 Å². The molecule has 2 aromatic carbocycles. The lowest BCUT2D eigenvalue weighted by molar-refractivity contribution is -0.385. The van der Waals surface area contributed by atoms with E-state index in [9.17, 15) is 14.9 Å². The number of rotatable bonds is 4. The Balaban J connectivity index is 1.77. The van der Waals surface area contributed by atoms with Crippen molar-refractivity contribution in [1.82, 2.24) is 5.32 Å². The monoisotopic (exact) mass is 327 g/mol. The molecule has 0 spiro atoms. The molecule has 0 aliphatic carbocycles. The van der Waals surface area contributed by atoms with E-state index in [1.165, 1.54) is 17.8 Å². The normalized spacial score (nSPS) is 18.9. The molecule has 1 fully saturated rings. The van der Waals surface area contributed by atoms with Crippen LogP contribution >= 0.6 is 11.8 Å². The van der Waals surface area contributed by atoms with Crippen molar-refractivity contribution >= 4 is 34.2 Å². The standard InChI is InChI=1S/C16H13N3O3S/c20-15-14(10-11-6-4-5-9-13(11)19(21)22)23-16(18-15)17-12-7-2-1-3-8-12/h1-9,14H,10H2,(H,17,18,20)/t14-/m0/s1. The van der Waals surface area contributed by atoms with Crippen LogP contribution in [0.15, 0.2) is 59.6 Å². The Labute approximate surface area is 136 Å². The third-order valence-electron chi connectivity index (χ3n) is 3.36. The Bertz CT molecular complexity index is 777. The highest BCUT2D eigenvalue weighted by Crippen LogP contribution is 2.28. The summed E-state index contributed by atoms with van der Waals surface area (Å²) < 4.78 is 0. The van der Waals surface area contributed by atoms with Gasteiger partial charge in [-0.25, -0.2) is 4.99 Å². The SMILES string of the molecule is O=C1NC(=Nc2ccccc2)S[C@H]1Cc1ccccc1[N+](=O)[O-]. The van der Waals surface area contributed by atoms with Gasteiger partial charge in [0, 0.05) is 18.1 Å². The third-order valence-corrected chi connectivity index (χ3v) is 4.44. The smallest absolute Gasteiger partial charge is 0.272 e. The van der Waals surface area contributed by atoms with Crippen molar-refractivity contribution in [3.8, 4) is 0 Å². The molecule has 23 heavy (non-hydrogen) atoms. The first-order valence-corrected chi connectivity index (χ1v) is 7.85. The highest BCUT2D eigenvalue weighted by molar-refractivity contribution is 8.15. The number of aliphatic imine (C=N–C) groups is 1. The zero-order valence-electron chi connectivity index (χ0n) is 12.0. The summed E-state index contributed by atoms with van der Waals surface area (Å²) in [6.07, 6.45) is 0.293. The second kappa shape index (κ2) is 6.62. The lowest BCUT2D eigenvalue weighted by atomic mass is 10.1. The Morgan fingerprint density at radius 2 is 1.83 bits per heavy atom. The number of thioether (sulfide) groups is 1. The zero-order chi connectivity index (χ0) is 16.2. The van der Waals surface area contributed by atoms with Gasteiger partial charge in [-0.3, -0.25) is 14.9 Å². The van der Waals surface area contributed by atoms with Gasteiger partial charge >= 0.3 is 0 Å². The Morgan fingerprint density at radius 1 is 1.13 bits per heavy atom. The second-order valence-electron chi connectivity index (χ2n) is 4.94. The summed E-state index contributed by atoms with van der Waals surface area (Å²) >= 11 is 1.30. The molecule has 1 heterocycles. The summed E-state index contributed by atoms with van der Waals surface area (Å²) in [4.78, 5) is 27.1. The fraction of sp³-hybridized carbons (Fsp3) is 0.125. The molecule has 1 aliphatic rings. The topological polar surface area (TPSA) is 84.6 Å². The molecule has 1 saturated heterocycles. The van der Waals surface area contributed by atoms with Crippen LogP contribution in [-0.2, 0) is 11.2 Å². The first-order valence-electron chi connectivity index (χ1n) is 6.97. The average Bonchev–Trinajstić information content (AvgIpc) is 2.88. The van der Waals surface area contributed by atoms with E-state index in [4.69, 9.17) is 0 Å². The van der Waals surface area contributed by atoms with E-state index in [1.807, 2.05) is 30.3 Å². The van der Waals surface area contributed by atoms with E-state index in [0.717, 1.165) is 5.69 Å². The number of carbonyl (C=O) groups excluding carboxylic acids is 1. The van der Waals surface area contributed by atoms with Crippen LogP contribution in [0.25, 0.3) is 0 Å². The quantitative estimate of drug-likeness (QED) is 0.691. The second-order valence-corrected chi connectivity index (χ2v) is 6.13. The molecule has 0 radical (unpaired) electrons. The summed E-state index contributed by atoms with van der Waals surface area (Å²) in [5.74, 6) is -0.178. The Hall–Kier alpha value is -2.67. The van der Waals surface area contributed by atoms with E-state index in [-0.39, 0.29) is 11.6 Å². The van der Waals surface area contributed by atoms with Crippen LogP contribution in [0.2, 0.25) is 0 Å². The summed E-state index contributed by atoms with van der Waals surface area (Å²) in [6.45, 7) is 0. The highest BCUT2D eigenvalue weighted by atomic mass is 32.2. The van der Waals surface area contributed by atoms with Crippen molar-refractivity contribution in [1.29, 1.82) is 0 Å². The lowest BCUT2D eigenvalue weighted by Crippen LogP contribution is -2.26. The van der Waals surface area contributed by atoms with Gasteiger partial charge in [-0.05, 0) is 12.1 Å². The molecule has 1 atom stereocenters. The lowest BCUT2D eigenvalue weighted by Gasteiger charge is -2.05. The largest absolute Gasteiger partial charge is 0.304 e. The molecule has 116 valence electrons. The van der Waals surface area contributed by atoms with Crippen LogP contribution in [-0.4, -0.2) is 21.2 Å². The maximum absolute atomic E-state index is 12.1. The number of amidine groups is 1. The molecule has 1 amide bonds. The van der Waals surface area contributed by atoms with Crippen LogP contribution in [0, 0.1) is 10.1 Å². The van der Waals surface area contributed by atoms with Crippen molar-refractivity contribution in [2.75, 3.05) is 0 Å². The predicted octanol–water partition coefficient (Wildman–Crippen LogP) is 3.06. The van der Waals surface area contributed by atoms with Gasteiger partial charge in [0.15, 0.2) is 5.17 Å². The number of benzene rings is 2. The minimum absolute atomic E-state index is 0.0364. The van der Waals surface area contributed by atoms with Crippen molar-refractivity contribution in [3.63, 3.8) is 0 Å². The minimum Gasteiger partial charge on any atom is -0.304 e. The molecular formula is C16H13N3O3S. The van der Waals surface area contributed by atoms with Crippen LogP contribution in [0.3, 0.4) is 0 Å².